The summed E-state index contributed by atoms with van der Waals surface area (Å²) >= 11 is 1.64. The summed E-state index contributed by atoms with van der Waals surface area (Å²) in [6.45, 7) is 9.87. The zero-order valence-corrected chi connectivity index (χ0v) is 20.9. The Labute approximate surface area is 205 Å². The Kier molecular flexibility index (Phi) is 7.26. The van der Waals surface area contributed by atoms with Gasteiger partial charge < -0.3 is 18.9 Å². The first kappa shape index (κ1) is 23.4. The first-order valence-electron chi connectivity index (χ1n) is 12.2. The number of benzene rings is 1. The zero-order chi connectivity index (χ0) is 23.5. The Bertz CT molecular complexity index is 1010. The van der Waals surface area contributed by atoms with Crippen molar-refractivity contribution in [1.29, 1.82) is 0 Å². The molecule has 1 unspecified atom stereocenters. The molecular formula is C24H34N6O3S. The monoisotopic (exact) mass is 486 g/mol. The molecule has 1 aromatic carbocycles. The van der Waals surface area contributed by atoms with Crippen LogP contribution in [0.5, 0.6) is 11.5 Å². The molecule has 9 nitrogen and oxygen atoms in total. The van der Waals surface area contributed by atoms with Crippen LogP contribution >= 0.6 is 11.8 Å². The summed E-state index contributed by atoms with van der Waals surface area (Å²) in [6, 6.07) is 6.14. The van der Waals surface area contributed by atoms with Crippen LogP contribution in [-0.4, -0.2) is 94.2 Å². The standard InChI is InChI=1S/C24H34N6O3S/c1-3-30-23(25-26-24(30)34-2)19-5-4-8-28(15-19)16-22(31)29-11-9-27(10-12-29)14-18-6-7-20-21(13-18)33-17-32-20/h6-7,13,19H,3-5,8-12,14-17H2,1-2H3. The maximum absolute atomic E-state index is 13.1. The topological polar surface area (TPSA) is 76.0 Å². The van der Waals surface area contributed by atoms with E-state index in [1.54, 1.807) is 11.8 Å². The van der Waals surface area contributed by atoms with E-state index < -0.39 is 0 Å². The van der Waals surface area contributed by atoms with Gasteiger partial charge >= 0.3 is 0 Å². The predicted octanol–water partition coefficient (Wildman–Crippen LogP) is 2.27. The molecule has 1 aromatic heterocycles. The SMILES string of the molecule is CCn1c(SC)nnc1C1CCCN(CC(=O)N2CCN(Cc3ccc4c(c3)OCO4)CC2)C1. The number of hydrogen-bond donors (Lipinski definition) is 0. The molecule has 0 bridgehead atoms. The van der Waals surface area contributed by atoms with Gasteiger partial charge in [0.15, 0.2) is 16.7 Å². The van der Waals surface area contributed by atoms with E-state index in [2.05, 4.69) is 43.6 Å². The summed E-state index contributed by atoms with van der Waals surface area (Å²) in [5.41, 5.74) is 1.22. The van der Waals surface area contributed by atoms with Crippen LogP contribution in [-0.2, 0) is 17.9 Å². The molecule has 184 valence electrons. The minimum absolute atomic E-state index is 0.241. The third kappa shape index (κ3) is 5.04. The van der Waals surface area contributed by atoms with Crippen molar-refractivity contribution in [2.24, 2.45) is 0 Å². The number of ether oxygens (including phenoxy) is 2. The number of rotatable bonds is 7. The van der Waals surface area contributed by atoms with Gasteiger partial charge in [0.1, 0.15) is 5.82 Å². The lowest BCUT2D eigenvalue weighted by molar-refractivity contribution is -0.134. The second-order valence-corrected chi connectivity index (χ2v) is 9.98. The number of nitrogens with zero attached hydrogens (tertiary/aromatic N) is 6. The van der Waals surface area contributed by atoms with Crippen molar-refractivity contribution in [3.8, 4) is 11.5 Å². The number of aromatic nitrogens is 3. The molecular weight excluding hydrogens is 452 g/mol. The highest BCUT2D eigenvalue weighted by Crippen LogP contribution is 2.33. The van der Waals surface area contributed by atoms with Gasteiger partial charge in [0.25, 0.3) is 0 Å². The number of piperidine rings is 1. The van der Waals surface area contributed by atoms with Gasteiger partial charge in [0, 0.05) is 51.7 Å². The summed E-state index contributed by atoms with van der Waals surface area (Å²) in [7, 11) is 0. The fourth-order valence-electron chi connectivity index (χ4n) is 5.20. The molecule has 0 aliphatic carbocycles. The van der Waals surface area contributed by atoms with E-state index in [-0.39, 0.29) is 5.91 Å². The maximum Gasteiger partial charge on any atom is 0.236 e. The van der Waals surface area contributed by atoms with Crippen LogP contribution in [0.3, 0.4) is 0 Å². The molecule has 34 heavy (non-hydrogen) atoms. The molecule has 1 atom stereocenters. The second-order valence-electron chi connectivity index (χ2n) is 9.21. The number of likely N-dealkylation sites (tertiary alicyclic amines) is 1. The van der Waals surface area contributed by atoms with Crippen LogP contribution in [0.4, 0.5) is 0 Å². The quantitative estimate of drug-likeness (QED) is 0.552. The van der Waals surface area contributed by atoms with Gasteiger partial charge in [-0.1, -0.05) is 17.8 Å². The van der Waals surface area contributed by atoms with E-state index in [1.165, 1.54) is 5.56 Å². The fourth-order valence-corrected chi connectivity index (χ4v) is 5.77. The lowest BCUT2D eigenvalue weighted by atomic mass is 9.97. The fraction of sp³-hybridized carbons (Fsp3) is 0.625. The van der Waals surface area contributed by atoms with Crippen molar-refractivity contribution in [1.82, 2.24) is 29.5 Å². The van der Waals surface area contributed by atoms with Crippen molar-refractivity contribution in [3.63, 3.8) is 0 Å². The smallest absolute Gasteiger partial charge is 0.236 e. The number of fused-ring (bicyclic) bond motifs is 1. The Balaban J connectivity index is 1.11. The van der Waals surface area contributed by atoms with Gasteiger partial charge in [-0.05, 0) is 50.3 Å². The van der Waals surface area contributed by atoms with Gasteiger partial charge in [0.05, 0.1) is 6.54 Å². The minimum atomic E-state index is 0.241. The highest BCUT2D eigenvalue weighted by atomic mass is 32.2. The number of amides is 1. The highest BCUT2D eigenvalue weighted by molar-refractivity contribution is 7.98. The van der Waals surface area contributed by atoms with Crippen LogP contribution in [0.2, 0.25) is 0 Å². The van der Waals surface area contributed by atoms with Gasteiger partial charge in [-0.15, -0.1) is 10.2 Å². The summed E-state index contributed by atoms with van der Waals surface area (Å²) < 4.78 is 13.1. The summed E-state index contributed by atoms with van der Waals surface area (Å²) in [4.78, 5) is 19.8. The molecule has 3 aliphatic rings. The third-order valence-corrected chi connectivity index (χ3v) is 7.71. The van der Waals surface area contributed by atoms with Crippen LogP contribution < -0.4 is 9.47 Å². The molecule has 4 heterocycles. The van der Waals surface area contributed by atoms with Gasteiger partial charge in [-0.2, -0.15) is 0 Å². The van der Waals surface area contributed by atoms with E-state index in [9.17, 15) is 4.79 Å². The van der Waals surface area contributed by atoms with Crippen LogP contribution in [0.15, 0.2) is 23.4 Å². The molecule has 2 fully saturated rings. The zero-order valence-electron chi connectivity index (χ0n) is 20.1. The Morgan fingerprint density at radius 3 is 2.71 bits per heavy atom. The van der Waals surface area contributed by atoms with Crippen LogP contribution in [0, 0.1) is 0 Å². The van der Waals surface area contributed by atoms with Gasteiger partial charge in [0.2, 0.25) is 12.7 Å². The number of piperazine rings is 1. The lowest BCUT2D eigenvalue weighted by Gasteiger charge is -2.37. The summed E-state index contributed by atoms with van der Waals surface area (Å²) in [5.74, 6) is 3.30. The predicted molar refractivity (Wildman–Crippen MR) is 130 cm³/mol. The van der Waals surface area contributed by atoms with E-state index >= 15 is 0 Å². The molecule has 2 aromatic rings. The van der Waals surface area contributed by atoms with E-state index in [0.717, 1.165) is 87.7 Å². The average molecular weight is 487 g/mol. The average Bonchev–Trinajstić information content (AvgIpc) is 3.50. The Morgan fingerprint density at radius 1 is 1.09 bits per heavy atom. The van der Waals surface area contributed by atoms with Crippen molar-refractivity contribution in [2.45, 2.75) is 43.9 Å². The first-order valence-corrected chi connectivity index (χ1v) is 13.4. The normalized spacial score (nSPS) is 21.2. The van der Waals surface area contributed by atoms with Crippen molar-refractivity contribution in [3.05, 3.63) is 29.6 Å². The van der Waals surface area contributed by atoms with Crippen molar-refractivity contribution < 1.29 is 14.3 Å². The highest BCUT2D eigenvalue weighted by Gasteiger charge is 2.29. The number of carbonyl (C=O) groups is 1. The molecule has 2 saturated heterocycles. The first-order chi connectivity index (χ1) is 16.6. The molecule has 0 radical (unpaired) electrons. The molecule has 5 rings (SSSR count). The third-order valence-electron chi connectivity index (χ3n) is 7.04. The largest absolute Gasteiger partial charge is 0.454 e. The second kappa shape index (κ2) is 10.5. The number of hydrogen-bond acceptors (Lipinski definition) is 8. The molecule has 0 N–H and O–H groups in total. The summed E-state index contributed by atoms with van der Waals surface area (Å²) in [5, 5.41) is 9.83. The van der Waals surface area contributed by atoms with Gasteiger partial charge in [-0.3, -0.25) is 14.6 Å². The van der Waals surface area contributed by atoms with E-state index in [4.69, 9.17) is 9.47 Å². The van der Waals surface area contributed by atoms with Crippen molar-refractivity contribution >= 4 is 17.7 Å². The lowest BCUT2D eigenvalue weighted by Crippen LogP contribution is -2.51. The Morgan fingerprint density at radius 2 is 1.91 bits per heavy atom. The molecule has 10 heteroatoms. The van der Waals surface area contributed by atoms with Crippen LogP contribution in [0.25, 0.3) is 0 Å². The minimum Gasteiger partial charge on any atom is -0.454 e. The van der Waals surface area contributed by atoms with Crippen molar-refractivity contribution in [2.75, 3.05) is 58.9 Å². The number of thioether (sulfide) groups is 1. The number of carbonyl (C=O) groups excluding carboxylic acids is 1. The van der Waals surface area contributed by atoms with E-state index in [1.807, 2.05) is 17.2 Å². The Hall–Kier alpha value is -2.30. The summed E-state index contributed by atoms with van der Waals surface area (Å²) in [6.07, 6.45) is 4.24. The molecule has 1 amide bonds. The van der Waals surface area contributed by atoms with Gasteiger partial charge in [-0.25, -0.2) is 0 Å². The molecule has 0 spiro atoms. The van der Waals surface area contributed by atoms with Crippen LogP contribution in [0.1, 0.15) is 37.1 Å². The maximum atomic E-state index is 13.1. The molecule has 3 aliphatic heterocycles. The molecule has 0 saturated carbocycles. The van der Waals surface area contributed by atoms with E-state index in [0.29, 0.717) is 19.3 Å².